The van der Waals surface area contributed by atoms with E-state index in [1.54, 1.807) is 44.3 Å². The van der Waals surface area contributed by atoms with Crippen LogP contribution in [0.2, 0.25) is 5.02 Å². The third kappa shape index (κ3) is 4.31. The quantitative estimate of drug-likeness (QED) is 0.641. The topological polar surface area (TPSA) is 88.5 Å². The number of aromatic nitrogens is 1. The normalized spacial score (nSPS) is 12.7. The van der Waals surface area contributed by atoms with Gasteiger partial charge in [-0.3, -0.25) is 13.9 Å². The summed E-state index contributed by atoms with van der Waals surface area (Å²) in [5.41, 5.74) is 2.26. The number of hydrogen-bond donors (Lipinski definition) is 1. The fraction of sp³-hybridized carbons (Fsp3) is 0.263. The van der Waals surface area contributed by atoms with Gasteiger partial charge in [0.25, 0.3) is 0 Å². The molecule has 0 fully saturated rings. The predicted octanol–water partition coefficient (Wildman–Crippen LogP) is 3.36. The van der Waals surface area contributed by atoms with Crippen molar-refractivity contribution < 1.29 is 13.2 Å². The number of anilines is 2. The fourth-order valence-corrected chi connectivity index (χ4v) is 5.37. The largest absolute Gasteiger partial charge is 0.324 e. The summed E-state index contributed by atoms with van der Waals surface area (Å²) in [6.07, 6.45) is 1.05. The second-order valence-corrected chi connectivity index (χ2v) is 10.1. The molecular weight excluding hydrogens is 434 g/mol. The molecule has 29 heavy (non-hydrogen) atoms. The molecule has 1 heterocycles. The average molecular weight is 454 g/mol. The first-order valence-electron chi connectivity index (χ1n) is 8.65. The Kier molecular flexibility index (Phi) is 5.75. The number of rotatable bonds is 5. The Labute approximate surface area is 177 Å². The maximum atomic E-state index is 12.9. The van der Waals surface area contributed by atoms with E-state index in [2.05, 4.69) is 5.32 Å². The zero-order chi connectivity index (χ0) is 21.5. The number of nitrogens with zero attached hydrogens (tertiary/aromatic N) is 2. The maximum absolute atomic E-state index is 12.9. The molecule has 0 spiro atoms. The molecule has 0 aliphatic rings. The highest BCUT2D eigenvalue weighted by Gasteiger charge is 2.30. The van der Waals surface area contributed by atoms with Crippen LogP contribution in [0.3, 0.4) is 0 Å². The summed E-state index contributed by atoms with van der Waals surface area (Å²) < 4.78 is 28.3. The van der Waals surface area contributed by atoms with Crippen LogP contribution in [-0.4, -0.2) is 31.2 Å². The van der Waals surface area contributed by atoms with Crippen LogP contribution in [0.25, 0.3) is 10.2 Å². The summed E-state index contributed by atoms with van der Waals surface area (Å²) in [4.78, 5) is 24.6. The lowest BCUT2D eigenvalue weighted by molar-refractivity contribution is -0.116. The number of amides is 1. The Morgan fingerprint density at radius 3 is 2.59 bits per heavy atom. The Morgan fingerprint density at radius 2 is 1.93 bits per heavy atom. The Morgan fingerprint density at radius 1 is 1.24 bits per heavy atom. The fourth-order valence-electron chi connectivity index (χ4n) is 3.06. The van der Waals surface area contributed by atoms with E-state index in [0.29, 0.717) is 22.0 Å². The van der Waals surface area contributed by atoms with Crippen molar-refractivity contribution in [2.75, 3.05) is 15.9 Å². The van der Waals surface area contributed by atoms with Gasteiger partial charge in [0.2, 0.25) is 15.9 Å². The molecule has 3 rings (SSSR count). The van der Waals surface area contributed by atoms with Crippen LogP contribution in [0.5, 0.6) is 0 Å². The number of carbonyl (C=O) groups is 1. The predicted molar refractivity (Wildman–Crippen MR) is 119 cm³/mol. The van der Waals surface area contributed by atoms with Crippen molar-refractivity contribution >= 4 is 60.5 Å². The van der Waals surface area contributed by atoms with E-state index in [9.17, 15) is 18.0 Å². The lowest BCUT2D eigenvalue weighted by atomic mass is 10.1. The van der Waals surface area contributed by atoms with Crippen LogP contribution in [0, 0.1) is 6.92 Å². The molecule has 0 saturated carbocycles. The number of nitrogens with one attached hydrogen (secondary N) is 1. The van der Waals surface area contributed by atoms with Crippen molar-refractivity contribution in [1.82, 2.24) is 4.57 Å². The first-order chi connectivity index (χ1) is 13.5. The van der Waals surface area contributed by atoms with Crippen molar-refractivity contribution in [1.29, 1.82) is 0 Å². The molecule has 2 aromatic carbocycles. The van der Waals surface area contributed by atoms with Crippen molar-refractivity contribution in [2.24, 2.45) is 7.05 Å². The molecule has 10 heteroatoms. The number of aryl methyl sites for hydroxylation is 2. The van der Waals surface area contributed by atoms with Crippen molar-refractivity contribution in [3.8, 4) is 0 Å². The SMILES string of the molecule is Cc1ccc(Cl)cc1N(C(C)C(=O)Nc1ccc2c(c1)sc(=O)n2C)S(C)(=O)=O. The lowest BCUT2D eigenvalue weighted by Gasteiger charge is -2.29. The van der Waals surface area contributed by atoms with Gasteiger partial charge in [-0.25, -0.2) is 8.42 Å². The average Bonchev–Trinajstić information content (AvgIpc) is 2.90. The van der Waals surface area contributed by atoms with Crippen molar-refractivity contribution in [2.45, 2.75) is 19.9 Å². The van der Waals surface area contributed by atoms with Crippen molar-refractivity contribution in [3.05, 3.63) is 56.7 Å². The van der Waals surface area contributed by atoms with Gasteiger partial charge in [-0.05, 0) is 49.7 Å². The minimum Gasteiger partial charge on any atom is -0.324 e. The summed E-state index contributed by atoms with van der Waals surface area (Å²) in [5.74, 6) is -0.502. The van der Waals surface area contributed by atoms with Gasteiger partial charge < -0.3 is 9.88 Å². The van der Waals surface area contributed by atoms with Gasteiger partial charge in [-0.1, -0.05) is 29.0 Å². The van der Waals surface area contributed by atoms with E-state index in [1.165, 1.54) is 17.6 Å². The molecule has 1 unspecified atom stereocenters. The maximum Gasteiger partial charge on any atom is 0.307 e. The minimum atomic E-state index is -3.76. The molecule has 0 aliphatic heterocycles. The highest BCUT2D eigenvalue weighted by atomic mass is 35.5. The number of carbonyl (C=O) groups excluding carboxylic acids is 1. The third-order valence-electron chi connectivity index (χ3n) is 4.56. The number of thiazole rings is 1. The van der Waals surface area contributed by atoms with Crippen molar-refractivity contribution in [3.63, 3.8) is 0 Å². The Hall–Kier alpha value is -2.36. The van der Waals surface area contributed by atoms with Gasteiger partial charge in [0.05, 0.1) is 22.2 Å². The first kappa shape index (κ1) is 21.4. The molecule has 1 N–H and O–H groups in total. The molecular formula is C19H20ClN3O4S2. The third-order valence-corrected chi connectivity index (χ3v) is 7.01. The van der Waals surface area contributed by atoms with Gasteiger partial charge in [0.1, 0.15) is 6.04 Å². The zero-order valence-corrected chi connectivity index (χ0v) is 18.7. The van der Waals surface area contributed by atoms with E-state index in [0.717, 1.165) is 32.1 Å². The van der Waals surface area contributed by atoms with E-state index in [4.69, 9.17) is 11.6 Å². The summed E-state index contributed by atoms with van der Waals surface area (Å²) >= 11 is 7.12. The van der Waals surface area contributed by atoms with E-state index >= 15 is 0 Å². The second-order valence-electron chi connectivity index (χ2n) is 6.76. The highest BCUT2D eigenvalue weighted by molar-refractivity contribution is 7.92. The van der Waals surface area contributed by atoms with E-state index in [-0.39, 0.29) is 4.87 Å². The smallest absolute Gasteiger partial charge is 0.307 e. The second kappa shape index (κ2) is 7.81. The van der Waals surface area contributed by atoms with Gasteiger partial charge in [0.15, 0.2) is 0 Å². The molecule has 1 amide bonds. The lowest BCUT2D eigenvalue weighted by Crippen LogP contribution is -2.45. The molecule has 0 aliphatic carbocycles. The Bertz CT molecular complexity index is 1260. The molecule has 1 aromatic heterocycles. The van der Waals surface area contributed by atoms with Crippen LogP contribution in [0.4, 0.5) is 11.4 Å². The van der Waals surface area contributed by atoms with Crippen LogP contribution in [-0.2, 0) is 21.9 Å². The number of hydrogen-bond acceptors (Lipinski definition) is 5. The zero-order valence-electron chi connectivity index (χ0n) is 16.3. The number of benzene rings is 2. The number of fused-ring (bicyclic) bond motifs is 1. The molecule has 0 saturated heterocycles. The number of halogens is 1. The Balaban J connectivity index is 1.94. The van der Waals surface area contributed by atoms with Crippen LogP contribution in [0.1, 0.15) is 12.5 Å². The monoisotopic (exact) mass is 453 g/mol. The summed E-state index contributed by atoms with van der Waals surface area (Å²) in [5, 5.41) is 3.11. The first-order valence-corrected chi connectivity index (χ1v) is 11.7. The molecule has 0 bridgehead atoms. The van der Waals surface area contributed by atoms with Crippen LogP contribution < -0.4 is 14.5 Å². The molecule has 3 aromatic rings. The van der Waals surface area contributed by atoms with Gasteiger partial charge >= 0.3 is 4.87 Å². The summed E-state index contributed by atoms with van der Waals surface area (Å²) in [6.45, 7) is 3.26. The van der Waals surface area contributed by atoms with Crippen LogP contribution in [0.15, 0.2) is 41.2 Å². The molecule has 7 nitrogen and oxygen atoms in total. The summed E-state index contributed by atoms with van der Waals surface area (Å²) in [6, 6.07) is 8.97. The minimum absolute atomic E-state index is 0.100. The van der Waals surface area contributed by atoms with Gasteiger partial charge in [-0.15, -0.1) is 0 Å². The van der Waals surface area contributed by atoms with Gasteiger partial charge in [0, 0.05) is 17.8 Å². The molecule has 1 atom stereocenters. The van der Waals surface area contributed by atoms with E-state index in [1.807, 2.05) is 0 Å². The van der Waals surface area contributed by atoms with Crippen LogP contribution >= 0.6 is 22.9 Å². The number of sulfonamides is 1. The highest BCUT2D eigenvalue weighted by Crippen LogP contribution is 2.29. The van der Waals surface area contributed by atoms with Gasteiger partial charge in [-0.2, -0.15) is 0 Å². The van der Waals surface area contributed by atoms with E-state index < -0.39 is 22.0 Å². The molecule has 0 radical (unpaired) electrons. The molecule has 154 valence electrons. The standard InChI is InChI=1S/C19H20ClN3O4S2/c1-11-5-6-13(20)9-16(11)23(29(4,26)27)12(2)18(24)21-14-7-8-15-17(10-14)28-19(25)22(15)3/h5-10,12H,1-4H3,(H,21,24). The summed E-state index contributed by atoms with van der Waals surface area (Å²) in [7, 11) is -2.08.